The van der Waals surface area contributed by atoms with Crippen molar-refractivity contribution in [2.45, 2.75) is 0 Å². The maximum atomic E-state index is 5.24. The molecule has 4 heteroatoms. The highest BCUT2D eigenvalue weighted by atomic mass is 14.9. The molecule has 1 rings (SSSR count). The van der Waals surface area contributed by atoms with Crippen molar-refractivity contribution in [1.29, 1.82) is 0 Å². The van der Waals surface area contributed by atoms with E-state index in [0.717, 1.165) is 0 Å². The standard InChI is InChI=1S/C3H6BN3/c5-2-1-4-3(6)7-2/h1,4H,5H2,(H2,6,7). The van der Waals surface area contributed by atoms with Crippen molar-refractivity contribution in [3.63, 3.8) is 0 Å². The second kappa shape index (κ2) is 1.29. The van der Waals surface area contributed by atoms with Gasteiger partial charge in [-0.3, -0.25) is 0 Å². The van der Waals surface area contributed by atoms with E-state index < -0.39 is 0 Å². The third-order valence-corrected chi connectivity index (χ3v) is 0.793. The summed E-state index contributed by atoms with van der Waals surface area (Å²) >= 11 is 0. The third-order valence-electron chi connectivity index (χ3n) is 0.793. The lowest BCUT2D eigenvalue weighted by Gasteiger charge is -1.81. The number of rotatable bonds is 0. The molecule has 0 saturated heterocycles. The predicted molar refractivity (Wildman–Crippen MR) is 31.0 cm³/mol. The van der Waals surface area contributed by atoms with Crippen LogP contribution in [0, 0.1) is 0 Å². The van der Waals surface area contributed by atoms with Gasteiger partial charge in [0, 0.05) is 0 Å². The number of hydrogen-bond acceptors (Lipinski definition) is 3. The summed E-state index contributed by atoms with van der Waals surface area (Å²) in [6.45, 7) is 0. The second-order valence-corrected chi connectivity index (χ2v) is 1.44. The van der Waals surface area contributed by atoms with Crippen LogP contribution in [-0.2, 0) is 0 Å². The van der Waals surface area contributed by atoms with Crippen LogP contribution in [-0.4, -0.2) is 13.0 Å². The molecule has 3 nitrogen and oxygen atoms in total. The molecule has 0 aliphatic carbocycles. The average Bonchev–Trinajstić information content (AvgIpc) is 1.87. The Balaban J connectivity index is 2.69. The highest BCUT2D eigenvalue weighted by Gasteiger charge is 2.00. The Morgan fingerprint density at radius 3 is 2.43 bits per heavy atom. The second-order valence-electron chi connectivity index (χ2n) is 1.44. The fourth-order valence-corrected chi connectivity index (χ4v) is 0.466. The van der Waals surface area contributed by atoms with Crippen molar-refractivity contribution < 1.29 is 0 Å². The molecular formula is C3H6BN3. The zero-order valence-corrected chi connectivity index (χ0v) is 3.89. The number of hydrogen-bond donors (Lipinski definition) is 2. The van der Waals surface area contributed by atoms with Crippen LogP contribution in [0.5, 0.6) is 0 Å². The van der Waals surface area contributed by atoms with E-state index in [1.165, 1.54) is 0 Å². The summed E-state index contributed by atoms with van der Waals surface area (Å²) in [5, 5.41) is 0. The lowest BCUT2D eigenvalue weighted by atomic mass is 9.79. The first-order valence-electron chi connectivity index (χ1n) is 2.08. The van der Waals surface area contributed by atoms with Crippen molar-refractivity contribution in [2.24, 2.45) is 16.5 Å². The Kier molecular flexibility index (Phi) is 0.783. The van der Waals surface area contributed by atoms with Gasteiger partial charge in [0.1, 0.15) is 5.82 Å². The Bertz CT molecular complexity index is 137. The third kappa shape index (κ3) is 0.736. The van der Waals surface area contributed by atoms with Crippen LogP contribution in [0.3, 0.4) is 0 Å². The molecule has 4 N–H and O–H groups in total. The van der Waals surface area contributed by atoms with E-state index >= 15 is 0 Å². The van der Waals surface area contributed by atoms with Crippen LogP contribution in [0.15, 0.2) is 16.8 Å². The number of aliphatic imine (C=N–C) groups is 1. The van der Waals surface area contributed by atoms with Gasteiger partial charge in [0.15, 0.2) is 0 Å². The van der Waals surface area contributed by atoms with Gasteiger partial charge in [0.25, 0.3) is 0 Å². The maximum Gasteiger partial charge on any atom is 0.232 e. The van der Waals surface area contributed by atoms with Crippen LogP contribution < -0.4 is 11.5 Å². The summed E-state index contributed by atoms with van der Waals surface area (Å²) in [7, 11) is 0.714. The van der Waals surface area contributed by atoms with Gasteiger partial charge in [-0.15, -0.1) is 0 Å². The summed E-state index contributed by atoms with van der Waals surface area (Å²) < 4.78 is 0. The molecule has 0 spiro atoms. The quantitative estimate of drug-likeness (QED) is 0.360. The number of nitrogens with zero attached hydrogens (tertiary/aromatic N) is 1. The SMILES string of the molecule is NC1=CBC(N)=N1. The highest BCUT2D eigenvalue weighted by molar-refractivity contribution is 6.79. The molecule has 36 valence electrons. The normalized spacial score (nSPS) is 17.7. The van der Waals surface area contributed by atoms with Crippen molar-refractivity contribution in [3.05, 3.63) is 11.8 Å². The summed E-state index contributed by atoms with van der Waals surface area (Å²) in [6.07, 6.45) is 0. The minimum atomic E-state index is 0.539. The highest BCUT2D eigenvalue weighted by Crippen LogP contribution is 1.90. The van der Waals surface area contributed by atoms with E-state index in [1.807, 2.05) is 0 Å². The molecule has 7 heavy (non-hydrogen) atoms. The van der Waals surface area contributed by atoms with Gasteiger partial charge in [-0.2, -0.15) is 0 Å². The van der Waals surface area contributed by atoms with Crippen LogP contribution in [0.25, 0.3) is 0 Å². The monoisotopic (exact) mass is 95.1 g/mol. The van der Waals surface area contributed by atoms with Crippen molar-refractivity contribution >= 4 is 13.0 Å². The lowest BCUT2D eigenvalue weighted by molar-refractivity contribution is 1.27. The van der Waals surface area contributed by atoms with Gasteiger partial charge in [0.05, 0.1) is 5.73 Å². The summed E-state index contributed by atoms with van der Waals surface area (Å²) in [5.74, 6) is 2.33. The van der Waals surface area contributed by atoms with E-state index in [4.69, 9.17) is 11.5 Å². The molecule has 0 amide bonds. The van der Waals surface area contributed by atoms with E-state index in [1.54, 1.807) is 5.98 Å². The Morgan fingerprint density at radius 1 is 1.57 bits per heavy atom. The molecule has 0 radical (unpaired) electrons. The molecule has 0 aromatic heterocycles. The van der Waals surface area contributed by atoms with Crippen LogP contribution >= 0.6 is 0 Å². The zero-order chi connectivity index (χ0) is 5.28. The Labute approximate surface area is 42.3 Å². The van der Waals surface area contributed by atoms with Gasteiger partial charge in [-0.25, -0.2) is 4.99 Å². The maximum absolute atomic E-state index is 5.24. The van der Waals surface area contributed by atoms with E-state index in [9.17, 15) is 0 Å². The smallest absolute Gasteiger partial charge is 0.232 e. The number of nitrogens with two attached hydrogens (primary N) is 2. The summed E-state index contributed by atoms with van der Waals surface area (Å²) in [5.41, 5.74) is 11.1. The number of amidine groups is 1. The molecule has 1 aliphatic rings. The van der Waals surface area contributed by atoms with Crippen LogP contribution in [0.2, 0.25) is 0 Å². The first kappa shape index (κ1) is 4.24. The fraction of sp³-hybridized carbons (Fsp3) is 0. The van der Waals surface area contributed by atoms with E-state index in [-0.39, 0.29) is 0 Å². The molecule has 0 aromatic rings. The lowest BCUT2D eigenvalue weighted by Crippen LogP contribution is -2.14. The summed E-state index contributed by atoms with van der Waals surface area (Å²) in [6, 6.07) is 0. The minimum absolute atomic E-state index is 0.539. The largest absolute Gasteiger partial charge is 0.395 e. The van der Waals surface area contributed by atoms with Gasteiger partial charge >= 0.3 is 0 Å². The Hall–Kier alpha value is -0.925. The van der Waals surface area contributed by atoms with E-state index in [2.05, 4.69) is 4.99 Å². The average molecular weight is 94.9 g/mol. The first-order valence-corrected chi connectivity index (χ1v) is 2.08. The van der Waals surface area contributed by atoms with Gasteiger partial charge in [-0.05, 0) is 0 Å². The molecule has 0 saturated carbocycles. The van der Waals surface area contributed by atoms with E-state index in [0.29, 0.717) is 18.8 Å². The molecule has 0 aromatic carbocycles. The van der Waals surface area contributed by atoms with Crippen LogP contribution in [0.4, 0.5) is 0 Å². The van der Waals surface area contributed by atoms with Crippen molar-refractivity contribution in [3.8, 4) is 0 Å². The van der Waals surface area contributed by atoms with Crippen LogP contribution in [0.1, 0.15) is 0 Å². The molecular weight excluding hydrogens is 88.9 g/mol. The molecule has 0 atom stereocenters. The molecule has 1 heterocycles. The zero-order valence-electron chi connectivity index (χ0n) is 3.89. The minimum Gasteiger partial charge on any atom is -0.395 e. The summed E-state index contributed by atoms with van der Waals surface area (Å²) in [4.78, 5) is 3.72. The Morgan fingerprint density at radius 2 is 2.29 bits per heavy atom. The molecule has 1 aliphatic heterocycles. The predicted octanol–water partition coefficient (Wildman–Crippen LogP) is -1.49. The fourth-order valence-electron chi connectivity index (χ4n) is 0.466. The molecule has 0 bridgehead atoms. The molecule has 0 fully saturated rings. The van der Waals surface area contributed by atoms with Gasteiger partial charge in [-0.1, -0.05) is 5.98 Å². The topological polar surface area (TPSA) is 64.4 Å². The molecule has 0 unspecified atom stereocenters. The van der Waals surface area contributed by atoms with Gasteiger partial charge < -0.3 is 11.5 Å². The van der Waals surface area contributed by atoms with Gasteiger partial charge in [0.2, 0.25) is 7.28 Å². The van der Waals surface area contributed by atoms with Crippen molar-refractivity contribution in [1.82, 2.24) is 0 Å². The first-order chi connectivity index (χ1) is 3.29. The van der Waals surface area contributed by atoms with Crippen molar-refractivity contribution in [2.75, 3.05) is 0 Å².